The Morgan fingerprint density at radius 3 is 1.93 bits per heavy atom. The predicted molar refractivity (Wildman–Crippen MR) is 112 cm³/mol. The predicted octanol–water partition coefficient (Wildman–Crippen LogP) is 5.33. The molecule has 5 heteroatoms. The molecule has 0 saturated carbocycles. The minimum Gasteiger partial charge on any atom is -0.207 e. The lowest BCUT2D eigenvalue weighted by Crippen LogP contribution is -2.04. The Kier molecular flexibility index (Phi) is 5.85. The summed E-state index contributed by atoms with van der Waals surface area (Å²) in [6, 6.07) is 19.9. The van der Waals surface area contributed by atoms with E-state index in [0.717, 1.165) is 16.7 Å². The van der Waals surface area contributed by atoms with Gasteiger partial charge in [-0.15, -0.1) is 0 Å². The van der Waals surface area contributed by atoms with Gasteiger partial charge in [0.05, 0.1) is 10.6 Å². The highest BCUT2D eigenvalue weighted by atomic mass is 32.2. The van der Waals surface area contributed by atoms with Gasteiger partial charge in [0.15, 0.2) is 0 Å². The summed E-state index contributed by atoms with van der Waals surface area (Å²) in [5, 5.41) is 0. The molecule has 0 N–H and O–H groups in total. The van der Waals surface area contributed by atoms with E-state index < -0.39 is 15.8 Å². The number of rotatable bonds is 5. The molecule has 3 nitrogen and oxygen atoms in total. The Hall–Kier alpha value is -3.05. The number of allylic oxidation sites excluding steroid dienone is 1. The zero-order chi connectivity index (χ0) is 20.1. The smallest absolute Gasteiger partial charge is 0.207 e. The normalized spacial score (nSPS) is 12.5. The van der Waals surface area contributed by atoms with Crippen molar-refractivity contribution in [3.63, 3.8) is 0 Å². The molecule has 3 aromatic rings. The third kappa shape index (κ3) is 5.02. The van der Waals surface area contributed by atoms with Crippen molar-refractivity contribution in [3.8, 4) is 0 Å². The Bertz CT molecular complexity index is 1110. The topological polar surface area (TPSA) is 46.5 Å². The summed E-state index contributed by atoms with van der Waals surface area (Å²) >= 11 is 0. The van der Waals surface area contributed by atoms with Crippen molar-refractivity contribution in [2.75, 3.05) is 0 Å². The summed E-state index contributed by atoms with van der Waals surface area (Å²) in [5.74, 6) is -0.396. The van der Waals surface area contributed by atoms with Gasteiger partial charge in [0, 0.05) is 5.56 Å². The third-order valence-electron chi connectivity index (χ3n) is 4.19. The summed E-state index contributed by atoms with van der Waals surface area (Å²) < 4.78 is 42.8. The van der Waals surface area contributed by atoms with Crippen LogP contribution < -0.4 is 0 Å². The Labute approximate surface area is 165 Å². The second-order valence-electron chi connectivity index (χ2n) is 6.52. The average molecular weight is 393 g/mol. The van der Waals surface area contributed by atoms with Crippen LogP contribution in [0.4, 0.5) is 4.39 Å². The largest absolute Gasteiger partial charge is 0.282 e. The van der Waals surface area contributed by atoms with Crippen LogP contribution >= 0.6 is 0 Å². The maximum Gasteiger partial charge on any atom is 0.282 e. The van der Waals surface area contributed by atoms with Gasteiger partial charge < -0.3 is 0 Å². The van der Waals surface area contributed by atoms with E-state index >= 15 is 0 Å². The van der Waals surface area contributed by atoms with Gasteiger partial charge in [-0.1, -0.05) is 53.6 Å². The Morgan fingerprint density at radius 1 is 0.821 bits per heavy atom. The zero-order valence-corrected chi connectivity index (χ0v) is 16.4. The summed E-state index contributed by atoms with van der Waals surface area (Å²) in [6.07, 6.45) is 3.41. The number of hydrogen-bond acceptors (Lipinski definition) is 2. The standard InChI is InChI=1S/C23H20FNO2S/c1-17-3-7-19(8-4-17)9-16-23(20-10-12-21(24)13-11-20)25-28(26,27)22-14-5-18(2)6-15-22/h3-16H,1-2H3/b16-9+,25-23+. The van der Waals surface area contributed by atoms with Gasteiger partial charge in [-0.3, -0.25) is 0 Å². The molecule has 0 aliphatic heterocycles. The minimum atomic E-state index is -3.90. The van der Waals surface area contributed by atoms with Crippen LogP contribution in [-0.4, -0.2) is 14.1 Å². The van der Waals surface area contributed by atoms with Crippen LogP contribution in [0.3, 0.4) is 0 Å². The van der Waals surface area contributed by atoms with Crippen molar-refractivity contribution >= 4 is 21.8 Å². The number of benzene rings is 3. The molecule has 0 heterocycles. The highest BCUT2D eigenvalue weighted by Gasteiger charge is 2.14. The highest BCUT2D eigenvalue weighted by molar-refractivity contribution is 7.90. The van der Waals surface area contributed by atoms with Crippen molar-refractivity contribution in [1.29, 1.82) is 0 Å². The molecule has 0 saturated heterocycles. The van der Waals surface area contributed by atoms with E-state index in [9.17, 15) is 12.8 Å². The first-order valence-corrected chi connectivity index (χ1v) is 10.2. The summed E-state index contributed by atoms with van der Waals surface area (Å²) in [5.41, 5.74) is 3.75. The molecule has 0 aliphatic carbocycles. The molecular weight excluding hydrogens is 373 g/mol. The van der Waals surface area contributed by atoms with Gasteiger partial charge in [-0.05, 0) is 61.9 Å². The fraction of sp³-hybridized carbons (Fsp3) is 0.0870. The number of aryl methyl sites for hydroxylation is 2. The number of sulfonamides is 1. The van der Waals surface area contributed by atoms with Crippen molar-refractivity contribution in [2.45, 2.75) is 18.7 Å². The van der Waals surface area contributed by atoms with E-state index in [1.807, 2.05) is 38.1 Å². The first-order valence-electron chi connectivity index (χ1n) is 8.76. The van der Waals surface area contributed by atoms with Crippen LogP contribution in [0.15, 0.2) is 88.2 Å². The average Bonchev–Trinajstić information content (AvgIpc) is 2.67. The van der Waals surface area contributed by atoms with Crippen LogP contribution in [0.2, 0.25) is 0 Å². The van der Waals surface area contributed by atoms with E-state index in [1.54, 1.807) is 24.3 Å². The molecule has 0 spiro atoms. The fourth-order valence-corrected chi connectivity index (χ4v) is 3.56. The van der Waals surface area contributed by atoms with E-state index in [-0.39, 0.29) is 10.6 Å². The Morgan fingerprint density at radius 2 is 1.36 bits per heavy atom. The molecule has 0 fully saturated rings. The quantitative estimate of drug-likeness (QED) is 0.550. The molecule has 3 aromatic carbocycles. The van der Waals surface area contributed by atoms with Gasteiger partial charge >= 0.3 is 0 Å². The van der Waals surface area contributed by atoms with Crippen molar-refractivity contribution < 1.29 is 12.8 Å². The maximum absolute atomic E-state index is 13.3. The van der Waals surface area contributed by atoms with E-state index in [2.05, 4.69) is 4.40 Å². The number of halogens is 1. The second-order valence-corrected chi connectivity index (χ2v) is 8.12. The molecule has 142 valence electrons. The molecule has 28 heavy (non-hydrogen) atoms. The van der Waals surface area contributed by atoms with Gasteiger partial charge in [0.1, 0.15) is 5.82 Å². The van der Waals surface area contributed by atoms with Crippen LogP contribution in [0.5, 0.6) is 0 Å². The second kappa shape index (κ2) is 8.31. The van der Waals surface area contributed by atoms with Crippen LogP contribution in [0.25, 0.3) is 6.08 Å². The van der Waals surface area contributed by atoms with Crippen LogP contribution in [0, 0.1) is 19.7 Å². The first-order chi connectivity index (χ1) is 13.3. The first kappa shape index (κ1) is 19.7. The van der Waals surface area contributed by atoms with Crippen LogP contribution in [-0.2, 0) is 10.0 Å². The Balaban J connectivity index is 2.04. The third-order valence-corrected chi connectivity index (χ3v) is 5.49. The maximum atomic E-state index is 13.3. The monoisotopic (exact) mass is 393 g/mol. The molecule has 0 bridgehead atoms. The minimum absolute atomic E-state index is 0.112. The molecule has 0 amide bonds. The lowest BCUT2D eigenvalue weighted by molar-refractivity contribution is 0.598. The lowest BCUT2D eigenvalue weighted by atomic mass is 10.1. The van der Waals surface area contributed by atoms with Crippen molar-refractivity contribution in [3.05, 3.63) is 107 Å². The summed E-state index contributed by atoms with van der Waals surface area (Å²) in [4.78, 5) is 0.112. The van der Waals surface area contributed by atoms with Gasteiger partial charge in [-0.2, -0.15) is 12.8 Å². The molecule has 0 aromatic heterocycles. The number of hydrogen-bond donors (Lipinski definition) is 0. The van der Waals surface area contributed by atoms with E-state index in [1.165, 1.54) is 36.4 Å². The molecule has 0 aliphatic rings. The summed E-state index contributed by atoms with van der Waals surface area (Å²) in [7, 11) is -3.90. The fourth-order valence-electron chi connectivity index (χ4n) is 2.55. The van der Waals surface area contributed by atoms with E-state index in [4.69, 9.17) is 0 Å². The highest BCUT2D eigenvalue weighted by Crippen LogP contribution is 2.17. The molecule has 0 unspecified atom stereocenters. The molecule has 3 rings (SSSR count). The molecule has 0 atom stereocenters. The lowest BCUT2D eigenvalue weighted by Gasteiger charge is -2.05. The van der Waals surface area contributed by atoms with Gasteiger partial charge in [-0.25, -0.2) is 4.39 Å². The number of nitrogens with zero attached hydrogens (tertiary/aromatic N) is 1. The molecule has 0 radical (unpaired) electrons. The SMILES string of the molecule is Cc1ccc(/C=C/C(=N\S(=O)(=O)c2ccc(C)cc2)c2ccc(F)cc2)cc1. The van der Waals surface area contributed by atoms with Gasteiger partial charge in [0.25, 0.3) is 10.0 Å². The zero-order valence-electron chi connectivity index (χ0n) is 15.6. The van der Waals surface area contributed by atoms with Gasteiger partial charge in [0.2, 0.25) is 0 Å². The van der Waals surface area contributed by atoms with Crippen LogP contribution in [0.1, 0.15) is 22.3 Å². The summed E-state index contributed by atoms with van der Waals surface area (Å²) in [6.45, 7) is 3.88. The van der Waals surface area contributed by atoms with E-state index in [0.29, 0.717) is 5.56 Å². The van der Waals surface area contributed by atoms with Crippen molar-refractivity contribution in [1.82, 2.24) is 0 Å². The van der Waals surface area contributed by atoms with Crippen molar-refractivity contribution in [2.24, 2.45) is 4.40 Å². The molecular formula is C23H20FNO2S.